The molecule has 1 amide bonds. The van der Waals surface area contributed by atoms with Crippen molar-refractivity contribution in [3.63, 3.8) is 0 Å². The van der Waals surface area contributed by atoms with Gasteiger partial charge in [-0.15, -0.1) is 0 Å². The van der Waals surface area contributed by atoms with Gasteiger partial charge in [0.25, 0.3) is 5.91 Å². The number of anilines is 2. The van der Waals surface area contributed by atoms with Crippen LogP contribution in [0.25, 0.3) is 0 Å². The summed E-state index contributed by atoms with van der Waals surface area (Å²) in [7, 11) is 0. The monoisotopic (exact) mass is 256 g/mol. The van der Waals surface area contributed by atoms with Gasteiger partial charge in [-0.25, -0.2) is 4.98 Å². The predicted molar refractivity (Wildman–Crippen MR) is 75.9 cm³/mol. The highest BCUT2D eigenvalue weighted by molar-refractivity contribution is 6.04. The zero-order valence-corrected chi connectivity index (χ0v) is 10.9. The van der Waals surface area contributed by atoms with Gasteiger partial charge in [0.05, 0.1) is 5.69 Å². The first kappa shape index (κ1) is 13.0. The quantitative estimate of drug-likeness (QED) is 0.581. The third-order valence-electron chi connectivity index (χ3n) is 2.80. The molecule has 0 atom stereocenters. The number of hydrogen-bond donors (Lipinski definition) is 3. The second-order valence-electron chi connectivity index (χ2n) is 4.35. The first-order valence-corrected chi connectivity index (χ1v) is 5.91. The Morgan fingerprint density at radius 3 is 2.63 bits per heavy atom. The number of nitrogens with one attached hydrogen (secondary N) is 2. The molecule has 2 rings (SSSR count). The van der Waals surface area contributed by atoms with Gasteiger partial charge in [0, 0.05) is 11.8 Å². The molecule has 1 aromatic heterocycles. The summed E-state index contributed by atoms with van der Waals surface area (Å²) in [5.41, 5.74) is 5.90. The summed E-state index contributed by atoms with van der Waals surface area (Å²) < 4.78 is 0. The number of hydrazine groups is 1. The van der Waals surface area contributed by atoms with Gasteiger partial charge in [0.1, 0.15) is 5.82 Å². The fourth-order valence-corrected chi connectivity index (χ4v) is 1.76. The van der Waals surface area contributed by atoms with Crippen LogP contribution < -0.4 is 16.6 Å². The molecule has 1 aromatic carbocycles. The standard InChI is InChI=1S/C14H16N4O/c1-9-5-6-16-13(7-9)17-14(19)11-3-4-12(18-15)10(2)8-11/h3-8,18H,15H2,1-2H3,(H,16,17,19). The molecule has 4 N–H and O–H groups in total. The lowest BCUT2D eigenvalue weighted by molar-refractivity contribution is 0.102. The fourth-order valence-electron chi connectivity index (χ4n) is 1.76. The number of carbonyl (C=O) groups is 1. The van der Waals surface area contributed by atoms with Crippen LogP contribution >= 0.6 is 0 Å². The SMILES string of the molecule is Cc1ccnc(NC(=O)c2ccc(NN)c(C)c2)c1. The Balaban J connectivity index is 2.18. The van der Waals surface area contributed by atoms with Crippen LogP contribution in [-0.4, -0.2) is 10.9 Å². The van der Waals surface area contributed by atoms with Crippen molar-refractivity contribution in [1.29, 1.82) is 0 Å². The fraction of sp³-hybridized carbons (Fsp3) is 0.143. The van der Waals surface area contributed by atoms with Gasteiger partial charge in [0.2, 0.25) is 0 Å². The van der Waals surface area contributed by atoms with Gasteiger partial charge < -0.3 is 10.7 Å². The maximum absolute atomic E-state index is 12.1. The van der Waals surface area contributed by atoms with E-state index in [2.05, 4.69) is 15.7 Å². The highest BCUT2D eigenvalue weighted by atomic mass is 16.1. The van der Waals surface area contributed by atoms with E-state index in [4.69, 9.17) is 5.84 Å². The van der Waals surface area contributed by atoms with E-state index >= 15 is 0 Å². The molecule has 0 spiro atoms. The minimum Gasteiger partial charge on any atom is -0.324 e. The topological polar surface area (TPSA) is 80.0 Å². The van der Waals surface area contributed by atoms with Gasteiger partial charge in [0.15, 0.2) is 0 Å². The van der Waals surface area contributed by atoms with Crippen molar-refractivity contribution < 1.29 is 4.79 Å². The molecule has 0 aliphatic rings. The smallest absolute Gasteiger partial charge is 0.256 e. The van der Waals surface area contributed by atoms with Crippen molar-refractivity contribution in [1.82, 2.24) is 4.98 Å². The Morgan fingerprint density at radius 2 is 2.00 bits per heavy atom. The number of nitrogen functional groups attached to an aromatic ring is 1. The normalized spacial score (nSPS) is 10.1. The van der Waals surface area contributed by atoms with Crippen molar-refractivity contribution in [3.8, 4) is 0 Å². The summed E-state index contributed by atoms with van der Waals surface area (Å²) in [5.74, 6) is 5.71. The molecule has 98 valence electrons. The molecule has 0 fully saturated rings. The van der Waals surface area contributed by atoms with Crippen LogP contribution in [0, 0.1) is 13.8 Å². The maximum Gasteiger partial charge on any atom is 0.256 e. The molecule has 0 saturated heterocycles. The molecule has 0 radical (unpaired) electrons. The van der Waals surface area contributed by atoms with Crippen LogP contribution in [0.15, 0.2) is 36.5 Å². The Bertz CT molecular complexity index is 610. The first-order chi connectivity index (χ1) is 9.10. The number of aromatic nitrogens is 1. The Kier molecular flexibility index (Phi) is 3.77. The van der Waals surface area contributed by atoms with Gasteiger partial charge in [-0.05, 0) is 55.3 Å². The number of benzene rings is 1. The molecule has 0 saturated carbocycles. The third kappa shape index (κ3) is 3.08. The van der Waals surface area contributed by atoms with E-state index in [1.807, 2.05) is 26.0 Å². The summed E-state index contributed by atoms with van der Waals surface area (Å²) in [6.45, 7) is 3.83. The molecule has 0 aliphatic carbocycles. The minimum absolute atomic E-state index is 0.190. The van der Waals surface area contributed by atoms with Gasteiger partial charge in [-0.2, -0.15) is 0 Å². The first-order valence-electron chi connectivity index (χ1n) is 5.91. The highest BCUT2D eigenvalue weighted by Gasteiger charge is 2.08. The van der Waals surface area contributed by atoms with Crippen LogP contribution in [0.5, 0.6) is 0 Å². The Hall–Kier alpha value is -2.40. The predicted octanol–water partition coefficient (Wildman–Crippen LogP) is 2.24. The van der Waals surface area contributed by atoms with Crippen molar-refractivity contribution in [2.45, 2.75) is 13.8 Å². The van der Waals surface area contributed by atoms with Crippen molar-refractivity contribution in [2.75, 3.05) is 10.7 Å². The average Bonchev–Trinajstić information content (AvgIpc) is 2.38. The van der Waals surface area contributed by atoms with E-state index in [9.17, 15) is 4.79 Å². The lowest BCUT2D eigenvalue weighted by atomic mass is 10.1. The third-order valence-corrected chi connectivity index (χ3v) is 2.80. The summed E-state index contributed by atoms with van der Waals surface area (Å²) >= 11 is 0. The molecule has 0 bridgehead atoms. The molecule has 2 aromatic rings. The molecule has 0 aliphatic heterocycles. The van der Waals surface area contributed by atoms with Gasteiger partial charge >= 0.3 is 0 Å². The number of carbonyl (C=O) groups excluding carboxylic acids is 1. The van der Waals surface area contributed by atoms with Crippen molar-refractivity contribution >= 4 is 17.4 Å². The van der Waals surface area contributed by atoms with Crippen LogP contribution in [0.2, 0.25) is 0 Å². The Labute approximate surface area is 111 Å². The molecule has 1 heterocycles. The lowest BCUT2D eigenvalue weighted by Gasteiger charge is -2.08. The van der Waals surface area contributed by atoms with Crippen LogP contribution in [-0.2, 0) is 0 Å². The zero-order valence-electron chi connectivity index (χ0n) is 10.9. The number of amides is 1. The number of aryl methyl sites for hydroxylation is 2. The molecule has 0 unspecified atom stereocenters. The van der Waals surface area contributed by atoms with E-state index in [0.717, 1.165) is 16.8 Å². The molecule has 5 nitrogen and oxygen atoms in total. The van der Waals surface area contributed by atoms with Crippen LogP contribution in [0.3, 0.4) is 0 Å². The minimum atomic E-state index is -0.190. The van der Waals surface area contributed by atoms with Crippen LogP contribution in [0.4, 0.5) is 11.5 Å². The number of rotatable bonds is 3. The summed E-state index contributed by atoms with van der Waals surface area (Å²) in [6.07, 6.45) is 1.66. The largest absolute Gasteiger partial charge is 0.324 e. The van der Waals surface area contributed by atoms with E-state index in [1.165, 1.54) is 0 Å². The van der Waals surface area contributed by atoms with Crippen LogP contribution in [0.1, 0.15) is 21.5 Å². The van der Waals surface area contributed by atoms with Gasteiger partial charge in [-0.1, -0.05) is 0 Å². The number of nitrogens with zero attached hydrogens (tertiary/aromatic N) is 1. The molecule has 19 heavy (non-hydrogen) atoms. The van der Waals surface area contributed by atoms with E-state index in [-0.39, 0.29) is 5.91 Å². The number of pyridine rings is 1. The lowest BCUT2D eigenvalue weighted by Crippen LogP contribution is -2.14. The van der Waals surface area contributed by atoms with Crippen molar-refractivity contribution in [2.24, 2.45) is 5.84 Å². The Morgan fingerprint density at radius 1 is 1.21 bits per heavy atom. The van der Waals surface area contributed by atoms with E-state index < -0.39 is 0 Å². The average molecular weight is 256 g/mol. The van der Waals surface area contributed by atoms with Gasteiger partial charge in [-0.3, -0.25) is 10.6 Å². The second kappa shape index (κ2) is 5.49. The molecular weight excluding hydrogens is 240 g/mol. The summed E-state index contributed by atoms with van der Waals surface area (Å²) in [6, 6.07) is 8.96. The highest BCUT2D eigenvalue weighted by Crippen LogP contribution is 2.16. The molecular formula is C14H16N4O. The van der Waals surface area contributed by atoms with Crippen molar-refractivity contribution in [3.05, 3.63) is 53.2 Å². The summed E-state index contributed by atoms with van der Waals surface area (Å²) in [4.78, 5) is 16.2. The van der Waals surface area contributed by atoms with E-state index in [1.54, 1.807) is 24.4 Å². The number of hydrogen-bond acceptors (Lipinski definition) is 4. The maximum atomic E-state index is 12.1. The zero-order chi connectivity index (χ0) is 13.8. The number of nitrogens with two attached hydrogens (primary N) is 1. The second-order valence-corrected chi connectivity index (χ2v) is 4.35. The summed E-state index contributed by atoms with van der Waals surface area (Å²) in [5, 5.41) is 2.76. The van der Waals surface area contributed by atoms with E-state index in [0.29, 0.717) is 11.4 Å². The molecule has 5 heteroatoms.